The smallest absolute Gasteiger partial charge is 0.128 e. The standard InChI is InChI=1S/C24H23NO2/c1-17(26)8-7-15-25-22-14-13-18-9-3-4-10-19(18)21(22)16-23(25)20-11-5-6-12-24(20)27-2/h3-14,16-17,26H,15H2,1-2H3/b8-7+. The molecule has 27 heavy (non-hydrogen) atoms. The van der Waals surface area contributed by atoms with Crippen LogP contribution < -0.4 is 4.74 Å². The van der Waals surface area contributed by atoms with Gasteiger partial charge < -0.3 is 14.4 Å². The fraction of sp³-hybridized carbons (Fsp3) is 0.167. The number of nitrogens with zero attached hydrogens (tertiary/aromatic N) is 1. The van der Waals surface area contributed by atoms with Gasteiger partial charge in [-0.15, -0.1) is 0 Å². The Hall–Kier alpha value is -3.04. The highest BCUT2D eigenvalue weighted by atomic mass is 16.5. The van der Waals surface area contributed by atoms with Crippen LogP contribution in [0.5, 0.6) is 5.75 Å². The topological polar surface area (TPSA) is 34.4 Å². The van der Waals surface area contributed by atoms with Crippen molar-refractivity contribution in [2.24, 2.45) is 0 Å². The van der Waals surface area contributed by atoms with Crippen molar-refractivity contribution in [2.75, 3.05) is 7.11 Å². The van der Waals surface area contributed by atoms with Crippen LogP contribution in [-0.4, -0.2) is 22.9 Å². The molecule has 0 aliphatic heterocycles. The van der Waals surface area contributed by atoms with Gasteiger partial charge in [0, 0.05) is 23.0 Å². The normalized spacial score (nSPS) is 12.9. The number of hydrogen-bond donors (Lipinski definition) is 1. The fourth-order valence-corrected chi connectivity index (χ4v) is 3.65. The number of fused-ring (bicyclic) bond motifs is 3. The molecule has 3 nitrogen and oxygen atoms in total. The first-order valence-electron chi connectivity index (χ1n) is 9.18. The lowest BCUT2D eigenvalue weighted by molar-refractivity contribution is 0.243. The fourth-order valence-electron chi connectivity index (χ4n) is 3.65. The molecule has 0 spiro atoms. The number of para-hydroxylation sites is 1. The molecule has 0 aliphatic rings. The third-order valence-corrected chi connectivity index (χ3v) is 4.90. The summed E-state index contributed by atoms with van der Waals surface area (Å²) in [5.41, 5.74) is 3.34. The number of methoxy groups -OCH3 is 1. The molecule has 1 heterocycles. The van der Waals surface area contributed by atoms with Gasteiger partial charge in [0.25, 0.3) is 0 Å². The molecule has 4 rings (SSSR count). The third kappa shape index (κ3) is 3.22. The van der Waals surface area contributed by atoms with E-state index in [1.54, 1.807) is 14.0 Å². The van der Waals surface area contributed by atoms with E-state index < -0.39 is 6.10 Å². The monoisotopic (exact) mass is 357 g/mol. The molecule has 0 aliphatic carbocycles. The van der Waals surface area contributed by atoms with Crippen molar-refractivity contribution >= 4 is 21.7 Å². The quantitative estimate of drug-likeness (QED) is 0.485. The minimum atomic E-state index is -0.456. The molecule has 0 radical (unpaired) electrons. The van der Waals surface area contributed by atoms with Gasteiger partial charge >= 0.3 is 0 Å². The van der Waals surface area contributed by atoms with Gasteiger partial charge in [-0.05, 0) is 42.0 Å². The molecule has 0 amide bonds. The van der Waals surface area contributed by atoms with E-state index in [1.807, 2.05) is 30.4 Å². The lowest BCUT2D eigenvalue weighted by atomic mass is 10.1. The lowest BCUT2D eigenvalue weighted by Crippen LogP contribution is -2.00. The number of aliphatic hydroxyl groups excluding tert-OH is 1. The van der Waals surface area contributed by atoms with E-state index in [0.29, 0.717) is 6.54 Å². The Labute approximate surface area is 159 Å². The van der Waals surface area contributed by atoms with Crippen LogP contribution in [0.2, 0.25) is 0 Å². The van der Waals surface area contributed by atoms with E-state index in [2.05, 4.69) is 53.1 Å². The number of allylic oxidation sites excluding steroid dienone is 1. The Morgan fingerprint density at radius 3 is 2.59 bits per heavy atom. The molecule has 4 aromatic rings. The average molecular weight is 357 g/mol. The second kappa shape index (κ2) is 7.29. The minimum Gasteiger partial charge on any atom is -0.496 e. The molecule has 0 fully saturated rings. The van der Waals surface area contributed by atoms with Crippen LogP contribution in [0.4, 0.5) is 0 Å². The summed E-state index contributed by atoms with van der Waals surface area (Å²) in [6.07, 6.45) is 3.37. The maximum absolute atomic E-state index is 9.59. The highest BCUT2D eigenvalue weighted by Crippen LogP contribution is 2.36. The van der Waals surface area contributed by atoms with E-state index in [1.165, 1.54) is 21.7 Å². The summed E-state index contributed by atoms with van der Waals surface area (Å²) in [7, 11) is 1.70. The van der Waals surface area contributed by atoms with Crippen molar-refractivity contribution in [3.05, 3.63) is 78.9 Å². The summed E-state index contributed by atoms with van der Waals surface area (Å²) < 4.78 is 7.89. The Balaban J connectivity index is 1.99. The highest BCUT2D eigenvalue weighted by Gasteiger charge is 2.15. The molecule has 0 saturated heterocycles. The molecule has 136 valence electrons. The second-order valence-corrected chi connectivity index (χ2v) is 6.73. The van der Waals surface area contributed by atoms with Gasteiger partial charge in [-0.25, -0.2) is 0 Å². The lowest BCUT2D eigenvalue weighted by Gasteiger charge is -2.12. The first-order chi connectivity index (χ1) is 13.2. The number of hydrogen-bond acceptors (Lipinski definition) is 2. The molecular formula is C24H23NO2. The van der Waals surface area contributed by atoms with Crippen molar-refractivity contribution in [3.8, 4) is 17.0 Å². The number of benzene rings is 3. The van der Waals surface area contributed by atoms with Gasteiger partial charge in [-0.1, -0.05) is 54.6 Å². The van der Waals surface area contributed by atoms with E-state index in [-0.39, 0.29) is 0 Å². The van der Waals surface area contributed by atoms with Gasteiger partial charge in [0.15, 0.2) is 0 Å². The third-order valence-electron chi connectivity index (χ3n) is 4.90. The average Bonchev–Trinajstić information content (AvgIpc) is 3.06. The predicted molar refractivity (Wildman–Crippen MR) is 112 cm³/mol. The van der Waals surface area contributed by atoms with Gasteiger partial charge in [-0.3, -0.25) is 0 Å². The number of aliphatic hydroxyl groups is 1. The van der Waals surface area contributed by atoms with Crippen LogP contribution >= 0.6 is 0 Å². The minimum absolute atomic E-state index is 0.456. The molecule has 3 aromatic carbocycles. The molecule has 0 bridgehead atoms. The van der Waals surface area contributed by atoms with Crippen LogP contribution in [0.25, 0.3) is 32.9 Å². The summed E-state index contributed by atoms with van der Waals surface area (Å²) in [4.78, 5) is 0. The van der Waals surface area contributed by atoms with E-state index in [9.17, 15) is 5.11 Å². The van der Waals surface area contributed by atoms with Crippen LogP contribution in [-0.2, 0) is 6.54 Å². The van der Waals surface area contributed by atoms with Crippen LogP contribution in [0.1, 0.15) is 6.92 Å². The zero-order chi connectivity index (χ0) is 18.8. The zero-order valence-electron chi connectivity index (χ0n) is 15.6. The maximum Gasteiger partial charge on any atom is 0.128 e. The first kappa shape index (κ1) is 17.4. The van der Waals surface area contributed by atoms with Crippen molar-refractivity contribution in [1.29, 1.82) is 0 Å². The molecule has 1 aromatic heterocycles. The number of aromatic nitrogens is 1. The Morgan fingerprint density at radius 2 is 1.78 bits per heavy atom. The van der Waals surface area contributed by atoms with Crippen molar-refractivity contribution < 1.29 is 9.84 Å². The number of rotatable bonds is 5. The largest absolute Gasteiger partial charge is 0.496 e. The van der Waals surface area contributed by atoms with Gasteiger partial charge in [0.1, 0.15) is 5.75 Å². The zero-order valence-corrected chi connectivity index (χ0v) is 15.6. The van der Waals surface area contributed by atoms with E-state index >= 15 is 0 Å². The van der Waals surface area contributed by atoms with Gasteiger partial charge in [0.05, 0.1) is 18.9 Å². The summed E-state index contributed by atoms with van der Waals surface area (Å²) in [6, 6.07) is 23.1. The van der Waals surface area contributed by atoms with Gasteiger partial charge in [-0.2, -0.15) is 0 Å². The van der Waals surface area contributed by atoms with Crippen LogP contribution in [0.15, 0.2) is 78.9 Å². The second-order valence-electron chi connectivity index (χ2n) is 6.73. The van der Waals surface area contributed by atoms with Crippen LogP contribution in [0.3, 0.4) is 0 Å². The molecule has 1 atom stereocenters. The molecule has 1 N–H and O–H groups in total. The van der Waals surface area contributed by atoms with Crippen molar-refractivity contribution in [2.45, 2.75) is 19.6 Å². The Bertz CT molecular complexity index is 1120. The van der Waals surface area contributed by atoms with Crippen molar-refractivity contribution in [1.82, 2.24) is 4.57 Å². The number of ether oxygens (including phenoxy) is 1. The Morgan fingerprint density at radius 1 is 1.00 bits per heavy atom. The SMILES string of the molecule is COc1ccccc1-c1cc2c3ccccc3ccc2n1C/C=C/C(C)O. The maximum atomic E-state index is 9.59. The molecule has 3 heteroatoms. The van der Waals surface area contributed by atoms with E-state index in [4.69, 9.17) is 4.74 Å². The van der Waals surface area contributed by atoms with Gasteiger partial charge in [0.2, 0.25) is 0 Å². The molecule has 0 saturated carbocycles. The van der Waals surface area contributed by atoms with Crippen molar-refractivity contribution in [3.63, 3.8) is 0 Å². The summed E-state index contributed by atoms with van der Waals surface area (Å²) in [5, 5.41) is 13.3. The summed E-state index contributed by atoms with van der Waals surface area (Å²) >= 11 is 0. The highest BCUT2D eigenvalue weighted by molar-refractivity contribution is 6.08. The molecule has 1 unspecified atom stereocenters. The van der Waals surface area contributed by atoms with E-state index in [0.717, 1.165) is 17.0 Å². The molecular weight excluding hydrogens is 334 g/mol. The summed E-state index contributed by atoms with van der Waals surface area (Å²) in [6.45, 7) is 2.44. The first-order valence-corrected chi connectivity index (χ1v) is 9.18. The predicted octanol–water partition coefficient (Wildman–Crippen LogP) is 5.41. The summed E-state index contributed by atoms with van der Waals surface area (Å²) in [5.74, 6) is 0.852. The Kier molecular flexibility index (Phi) is 4.69. The van der Waals surface area contributed by atoms with Crippen LogP contribution in [0, 0.1) is 0 Å².